The highest BCUT2D eigenvalue weighted by atomic mass is 79.9. The molecule has 1 aliphatic rings. The van der Waals surface area contributed by atoms with Gasteiger partial charge in [0, 0.05) is 22.5 Å². The van der Waals surface area contributed by atoms with E-state index in [9.17, 15) is 15.2 Å². The summed E-state index contributed by atoms with van der Waals surface area (Å²) in [6.45, 7) is 2.54. The van der Waals surface area contributed by atoms with Gasteiger partial charge in [-0.25, -0.2) is 0 Å². The highest BCUT2D eigenvalue weighted by molar-refractivity contribution is 9.10. The number of nitro groups is 1. The first-order chi connectivity index (χ1) is 8.99. The van der Waals surface area contributed by atoms with Crippen molar-refractivity contribution in [3.63, 3.8) is 0 Å². The molecule has 2 atom stereocenters. The Morgan fingerprint density at radius 2 is 2.37 bits per heavy atom. The van der Waals surface area contributed by atoms with Gasteiger partial charge in [0.1, 0.15) is 6.10 Å². The average molecular weight is 332 g/mol. The first-order valence-electron chi connectivity index (χ1n) is 5.89. The molecule has 0 radical (unpaired) electrons. The van der Waals surface area contributed by atoms with E-state index in [1.54, 1.807) is 13.0 Å². The van der Waals surface area contributed by atoms with Crippen molar-refractivity contribution in [3.8, 4) is 5.75 Å². The summed E-state index contributed by atoms with van der Waals surface area (Å²) in [5, 5.41) is 20.9. The summed E-state index contributed by atoms with van der Waals surface area (Å²) in [5.41, 5.74) is 0.241. The molecule has 1 fully saturated rings. The third-order valence-corrected chi connectivity index (χ3v) is 3.34. The molecule has 1 N–H and O–H groups in total. The maximum atomic E-state index is 11.1. The predicted molar refractivity (Wildman–Crippen MR) is 71.3 cm³/mol. The number of ether oxygens (including phenoxy) is 2. The molecule has 1 aromatic rings. The molecule has 0 spiro atoms. The molecule has 1 aromatic carbocycles. The van der Waals surface area contributed by atoms with Crippen molar-refractivity contribution in [2.45, 2.75) is 25.6 Å². The standard InChI is InChI=1S/C12H14BrNO5/c1-7(15)10-4-8(13)5-11(14(16)17)12(10)19-9-2-3-18-6-9/h4-5,7,9,15H,2-3,6H2,1H3/t7-,9?/m1/s1. The lowest BCUT2D eigenvalue weighted by Crippen LogP contribution is -2.18. The zero-order valence-corrected chi connectivity index (χ0v) is 11.9. The fraction of sp³-hybridized carbons (Fsp3) is 0.500. The number of aliphatic hydroxyl groups excluding tert-OH is 1. The monoisotopic (exact) mass is 331 g/mol. The normalized spacial score (nSPS) is 20.3. The summed E-state index contributed by atoms with van der Waals surface area (Å²) in [6, 6.07) is 3.00. The lowest BCUT2D eigenvalue weighted by atomic mass is 10.1. The molecule has 0 saturated carbocycles. The van der Waals surface area contributed by atoms with Gasteiger partial charge in [-0.15, -0.1) is 0 Å². The van der Waals surface area contributed by atoms with Crippen LogP contribution in [0.25, 0.3) is 0 Å². The van der Waals surface area contributed by atoms with Gasteiger partial charge in [-0.05, 0) is 13.0 Å². The number of nitro benzene ring substituents is 1. The van der Waals surface area contributed by atoms with Crippen LogP contribution in [0.4, 0.5) is 5.69 Å². The third kappa shape index (κ3) is 3.23. The van der Waals surface area contributed by atoms with Crippen LogP contribution in [0, 0.1) is 10.1 Å². The molecule has 0 aromatic heterocycles. The van der Waals surface area contributed by atoms with Gasteiger partial charge in [-0.3, -0.25) is 10.1 Å². The number of rotatable bonds is 4. The maximum Gasteiger partial charge on any atom is 0.312 e. The number of nitrogens with zero attached hydrogens (tertiary/aromatic N) is 1. The predicted octanol–water partition coefficient (Wildman–Crippen LogP) is 2.58. The van der Waals surface area contributed by atoms with E-state index in [1.807, 2.05) is 0 Å². The molecular weight excluding hydrogens is 318 g/mol. The highest BCUT2D eigenvalue weighted by Crippen LogP contribution is 2.39. The number of halogens is 1. The number of hydrogen-bond acceptors (Lipinski definition) is 5. The molecule has 1 unspecified atom stereocenters. The molecule has 1 heterocycles. The average Bonchev–Trinajstić information content (AvgIpc) is 2.83. The number of aliphatic hydroxyl groups is 1. The topological polar surface area (TPSA) is 81.8 Å². The first-order valence-corrected chi connectivity index (χ1v) is 6.68. The van der Waals surface area contributed by atoms with Crippen LogP contribution in [0.5, 0.6) is 5.75 Å². The van der Waals surface area contributed by atoms with Crippen molar-refractivity contribution in [1.82, 2.24) is 0 Å². The van der Waals surface area contributed by atoms with Crippen molar-refractivity contribution in [2.24, 2.45) is 0 Å². The Hall–Kier alpha value is -1.18. The Balaban J connectivity index is 2.43. The first kappa shape index (κ1) is 14.2. The van der Waals surface area contributed by atoms with E-state index in [4.69, 9.17) is 9.47 Å². The second-order valence-corrected chi connectivity index (χ2v) is 5.30. The molecule has 2 rings (SSSR count). The van der Waals surface area contributed by atoms with Crippen LogP contribution in [0.2, 0.25) is 0 Å². The minimum absolute atomic E-state index is 0.124. The third-order valence-electron chi connectivity index (χ3n) is 2.88. The van der Waals surface area contributed by atoms with Gasteiger partial charge in [0.2, 0.25) is 5.75 Å². The van der Waals surface area contributed by atoms with Gasteiger partial charge in [0.15, 0.2) is 0 Å². The minimum Gasteiger partial charge on any atom is -0.481 e. The van der Waals surface area contributed by atoms with Crippen LogP contribution in [-0.4, -0.2) is 29.3 Å². The van der Waals surface area contributed by atoms with Gasteiger partial charge in [-0.1, -0.05) is 15.9 Å². The van der Waals surface area contributed by atoms with E-state index >= 15 is 0 Å². The van der Waals surface area contributed by atoms with Crippen LogP contribution in [0.1, 0.15) is 25.0 Å². The van der Waals surface area contributed by atoms with Gasteiger partial charge in [-0.2, -0.15) is 0 Å². The van der Waals surface area contributed by atoms with Crippen LogP contribution in [0.15, 0.2) is 16.6 Å². The zero-order valence-electron chi connectivity index (χ0n) is 10.3. The van der Waals surface area contributed by atoms with Gasteiger partial charge >= 0.3 is 5.69 Å². The fourth-order valence-corrected chi connectivity index (χ4v) is 2.41. The Bertz CT molecular complexity index is 485. The van der Waals surface area contributed by atoms with Gasteiger partial charge in [0.05, 0.1) is 24.2 Å². The summed E-state index contributed by atoms with van der Waals surface area (Å²) in [5.74, 6) is 0.124. The maximum absolute atomic E-state index is 11.1. The Morgan fingerprint density at radius 1 is 1.63 bits per heavy atom. The SMILES string of the molecule is C[C@@H](O)c1cc(Br)cc([N+](=O)[O-])c1OC1CCOC1. The molecule has 104 valence electrons. The molecule has 19 heavy (non-hydrogen) atoms. The second kappa shape index (κ2) is 5.85. The van der Waals surface area contributed by atoms with Crippen LogP contribution < -0.4 is 4.74 Å². The summed E-state index contributed by atoms with van der Waals surface area (Å²) in [6.07, 6.45) is -0.377. The second-order valence-electron chi connectivity index (χ2n) is 4.38. The van der Waals surface area contributed by atoms with Crippen LogP contribution in [0.3, 0.4) is 0 Å². The molecule has 1 saturated heterocycles. The molecular formula is C12H14BrNO5. The molecule has 6 nitrogen and oxygen atoms in total. The molecule has 7 heteroatoms. The van der Waals surface area contributed by atoms with E-state index in [2.05, 4.69) is 15.9 Å². The van der Waals surface area contributed by atoms with Crippen molar-refractivity contribution in [1.29, 1.82) is 0 Å². The van der Waals surface area contributed by atoms with Crippen LogP contribution in [-0.2, 0) is 4.74 Å². The Morgan fingerprint density at radius 3 is 2.89 bits per heavy atom. The summed E-state index contributed by atoms with van der Waals surface area (Å²) in [4.78, 5) is 10.6. The van der Waals surface area contributed by atoms with Gasteiger partial charge in [0.25, 0.3) is 0 Å². The largest absolute Gasteiger partial charge is 0.481 e. The lowest BCUT2D eigenvalue weighted by molar-refractivity contribution is -0.386. The van der Waals surface area contributed by atoms with Crippen molar-refractivity contribution in [3.05, 3.63) is 32.3 Å². The summed E-state index contributed by atoms with van der Waals surface area (Å²) < 4.78 is 11.4. The van der Waals surface area contributed by atoms with E-state index in [-0.39, 0.29) is 17.5 Å². The number of hydrogen-bond donors (Lipinski definition) is 1. The lowest BCUT2D eigenvalue weighted by Gasteiger charge is -2.17. The molecule has 0 bridgehead atoms. The van der Waals surface area contributed by atoms with Crippen molar-refractivity contribution in [2.75, 3.05) is 13.2 Å². The molecule has 1 aliphatic heterocycles. The minimum atomic E-state index is -0.853. The van der Waals surface area contributed by atoms with E-state index in [0.717, 1.165) is 0 Å². The Kier molecular flexibility index (Phi) is 4.38. The van der Waals surface area contributed by atoms with E-state index < -0.39 is 11.0 Å². The van der Waals surface area contributed by atoms with Crippen molar-refractivity contribution >= 4 is 21.6 Å². The molecule has 0 aliphatic carbocycles. The van der Waals surface area contributed by atoms with Crippen molar-refractivity contribution < 1.29 is 19.5 Å². The number of benzene rings is 1. The van der Waals surface area contributed by atoms with E-state index in [0.29, 0.717) is 29.7 Å². The quantitative estimate of drug-likeness (QED) is 0.677. The van der Waals surface area contributed by atoms with E-state index in [1.165, 1.54) is 6.07 Å². The van der Waals surface area contributed by atoms with Gasteiger partial charge < -0.3 is 14.6 Å². The summed E-state index contributed by atoms with van der Waals surface area (Å²) >= 11 is 3.20. The summed E-state index contributed by atoms with van der Waals surface area (Å²) in [7, 11) is 0. The smallest absolute Gasteiger partial charge is 0.312 e. The van der Waals surface area contributed by atoms with Crippen LogP contribution >= 0.6 is 15.9 Å². The molecule has 0 amide bonds. The zero-order chi connectivity index (χ0) is 14.0. The Labute approximate surface area is 118 Å². The fourth-order valence-electron chi connectivity index (χ4n) is 1.95. The highest BCUT2D eigenvalue weighted by Gasteiger charge is 2.27.